The Hall–Kier alpha value is -1.47. The molecule has 0 radical (unpaired) electrons. The van der Waals surface area contributed by atoms with Crippen LogP contribution in [0.1, 0.15) is 12.5 Å². The molecule has 0 saturated heterocycles. The molecular formula is C16H22ClN3O2S. The zero-order chi connectivity index (χ0) is 15.8. The highest BCUT2D eigenvalue weighted by molar-refractivity contribution is 7.14. The monoisotopic (exact) mass is 355 g/mol. The number of hydrogen-bond acceptors (Lipinski definition) is 5. The number of rotatable bonds is 8. The fourth-order valence-corrected chi connectivity index (χ4v) is 2.65. The van der Waals surface area contributed by atoms with E-state index in [-0.39, 0.29) is 24.9 Å². The Labute approximate surface area is 146 Å². The minimum absolute atomic E-state index is 0. The molecule has 2 aromatic rings. The number of halogens is 1. The standard InChI is InChI=1S/C16H21N3O2S.ClH/c1-3-12-4-6-13(7-5-12)14-11-22-16(18-14)19-15(20)10-17-8-9-21-2;/h4-7,11,17H,3,8-10H2,1-2H3,(H,18,19,20);1H. The first-order valence-electron chi connectivity index (χ1n) is 7.27. The first-order chi connectivity index (χ1) is 10.7. The molecule has 7 heteroatoms. The molecule has 0 aliphatic carbocycles. The van der Waals surface area contributed by atoms with Gasteiger partial charge in [-0.15, -0.1) is 23.7 Å². The molecule has 0 bridgehead atoms. The summed E-state index contributed by atoms with van der Waals surface area (Å²) in [6, 6.07) is 8.33. The molecule has 126 valence electrons. The predicted molar refractivity (Wildman–Crippen MR) is 97.6 cm³/mol. The molecule has 0 aliphatic rings. The molecule has 1 heterocycles. The number of thiazole rings is 1. The van der Waals surface area contributed by atoms with Crippen molar-refractivity contribution < 1.29 is 9.53 Å². The van der Waals surface area contributed by atoms with Crippen LogP contribution in [0.15, 0.2) is 29.6 Å². The zero-order valence-corrected chi connectivity index (χ0v) is 14.9. The van der Waals surface area contributed by atoms with E-state index < -0.39 is 0 Å². The van der Waals surface area contributed by atoms with Crippen LogP contribution in [0, 0.1) is 0 Å². The molecule has 0 fully saturated rings. The number of anilines is 1. The van der Waals surface area contributed by atoms with Gasteiger partial charge in [-0.25, -0.2) is 4.98 Å². The van der Waals surface area contributed by atoms with Crippen LogP contribution in [-0.2, 0) is 16.0 Å². The van der Waals surface area contributed by atoms with Gasteiger partial charge in [-0.3, -0.25) is 4.79 Å². The lowest BCUT2D eigenvalue weighted by molar-refractivity contribution is -0.115. The lowest BCUT2D eigenvalue weighted by Crippen LogP contribution is -2.30. The fraction of sp³-hybridized carbons (Fsp3) is 0.375. The van der Waals surface area contributed by atoms with Gasteiger partial charge in [-0.1, -0.05) is 31.2 Å². The van der Waals surface area contributed by atoms with E-state index in [2.05, 4.69) is 46.8 Å². The second kappa shape index (κ2) is 10.3. The fourth-order valence-electron chi connectivity index (χ4n) is 1.91. The third kappa shape index (κ3) is 6.27. The number of carbonyl (C=O) groups is 1. The Morgan fingerprint density at radius 3 is 2.70 bits per heavy atom. The van der Waals surface area contributed by atoms with E-state index in [1.165, 1.54) is 16.9 Å². The summed E-state index contributed by atoms with van der Waals surface area (Å²) < 4.78 is 4.91. The minimum Gasteiger partial charge on any atom is -0.383 e. The van der Waals surface area contributed by atoms with E-state index in [0.717, 1.165) is 17.7 Å². The minimum atomic E-state index is -0.0988. The molecule has 1 amide bonds. The summed E-state index contributed by atoms with van der Waals surface area (Å²) >= 11 is 1.43. The van der Waals surface area contributed by atoms with Gasteiger partial charge >= 0.3 is 0 Å². The van der Waals surface area contributed by atoms with E-state index >= 15 is 0 Å². The van der Waals surface area contributed by atoms with Crippen LogP contribution in [0.2, 0.25) is 0 Å². The molecule has 0 unspecified atom stereocenters. The molecule has 0 spiro atoms. The van der Waals surface area contributed by atoms with E-state index in [9.17, 15) is 4.79 Å². The van der Waals surface area contributed by atoms with Gasteiger partial charge in [0.2, 0.25) is 5.91 Å². The van der Waals surface area contributed by atoms with Crippen molar-refractivity contribution in [1.29, 1.82) is 0 Å². The SMILES string of the molecule is CCc1ccc(-c2csc(NC(=O)CNCCOC)n2)cc1.Cl. The van der Waals surface area contributed by atoms with Crippen LogP contribution in [0.4, 0.5) is 5.13 Å². The van der Waals surface area contributed by atoms with Crippen molar-refractivity contribution in [3.05, 3.63) is 35.2 Å². The molecule has 2 N–H and O–H groups in total. The largest absolute Gasteiger partial charge is 0.383 e. The summed E-state index contributed by atoms with van der Waals surface area (Å²) in [4.78, 5) is 16.2. The van der Waals surface area contributed by atoms with Crippen molar-refractivity contribution >= 4 is 34.8 Å². The van der Waals surface area contributed by atoms with Crippen LogP contribution < -0.4 is 10.6 Å². The Balaban J connectivity index is 0.00000264. The van der Waals surface area contributed by atoms with E-state index in [1.54, 1.807) is 7.11 Å². The van der Waals surface area contributed by atoms with Gasteiger partial charge in [0.1, 0.15) is 0 Å². The predicted octanol–water partition coefficient (Wildman–Crippen LogP) is 2.97. The molecule has 0 atom stereocenters. The first-order valence-corrected chi connectivity index (χ1v) is 8.15. The third-order valence-corrected chi connectivity index (χ3v) is 3.93. The number of carbonyl (C=O) groups excluding carboxylic acids is 1. The van der Waals surface area contributed by atoms with Crippen LogP contribution in [-0.4, -0.2) is 37.7 Å². The summed E-state index contributed by atoms with van der Waals surface area (Å²) in [7, 11) is 1.63. The molecule has 1 aromatic heterocycles. The van der Waals surface area contributed by atoms with Crippen molar-refractivity contribution in [1.82, 2.24) is 10.3 Å². The van der Waals surface area contributed by atoms with Gasteiger partial charge in [0.05, 0.1) is 18.8 Å². The summed E-state index contributed by atoms with van der Waals surface area (Å²) in [6.07, 6.45) is 1.02. The van der Waals surface area contributed by atoms with Crippen LogP contribution >= 0.6 is 23.7 Å². The van der Waals surface area contributed by atoms with Crippen LogP contribution in [0.25, 0.3) is 11.3 Å². The average molecular weight is 356 g/mol. The smallest absolute Gasteiger partial charge is 0.240 e. The molecule has 1 aromatic carbocycles. The molecule has 2 rings (SSSR count). The van der Waals surface area contributed by atoms with Crippen LogP contribution in [0.3, 0.4) is 0 Å². The second-order valence-corrected chi connectivity index (χ2v) is 5.66. The Bertz CT molecular complexity index is 602. The Morgan fingerprint density at radius 1 is 1.30 bits per heavy atom. The number of hydrogen-bond donors (Lipinski definition) is 2. The number of aryl methyl sites for hydroxylation is 1. The maximum Gasteiger partial charge on any atom is 0.240 e. The van der Waals surface area contributed by atoms with Crippen molar-refractivity contribution in [2.75, 3.05) is 32.1 Å². The van der Waals surface area contributed by atoms with Crippen molar-refractivity contribution in [3.63, 3.8) is 0 Å². The van der Waals surface area contributed by atoms with E-state index in [4.69, 9.17) is 4.74 Å². The van der Waals surface area contributed by atoms with Crippen LogP contribution in [0.5, 0.6) is 0 Å². The molecule has 0 saturated carbocycles. The lowest BCUT2D eigenvalue weighted by atomic mass is 10.1. The topological polar surface area (TPSA) is 63.2 Å². The number of nitrogens with zero attached hydrogens (tertiary/aromatic N) is 1. The highest BCUT2D eigenvalue weighted by atomic mass is 35.5. The number of ether oxygens (including phenoxy) is 1. The number of aromatic nitrogens is 1. The summed E-state index contributed by atoms with van der Waals surface area (Å²) in [6.45, 7) is 3.62. The number of amides is 1. The quantitative estimate of drug-likeness (QED) is 0.714. The van der Waals surface area contributed by atoms with Crippen molar-refractivity contribution in [2.24, 2.45) is 0 Å². The summed E-state index contributed by atoms with van der Waals surface area (Å²) in [5, 5.41) is 8.37. The Kier molecular flexibility index (Phi) is 8.79. The maximum absolute atomic E-state index is 11.8. The van der Waals surface area contributed by atoms with E-state index in [0.29, 0.717) is 18.3 Å². The third-order valence-electron chi connectivity index (χ3n) is 3.18. The second-order valence-electron chi connectivity index (χ2n) is 4.81. The molecular weight excluding hydrogens is 334 g/mol. The maximum atomic E-state index is 11.8. The highest BCUT2D eigenvalue weighted by Gasteiger charge is 2.07. The van der Waals surface area contributed by atoms with Gasteiger partial charge in [-0.2, -0.15) is 0 Å². The van der Waals surface area contributed by atoms with Crippen molar-refractivity contribution in [3.8, 4) is 11.3 Å². The summed E-state index contributed by atoms with van der Waals surface area (Å²) in [5.41, 5.74) is 3.25. The number of methoxy groups -OCH3 is 1. The van der Waals surface area contributed by atoms with Gasteiger partial charge < -0.3 is 15.4 Å². The van der Waals surface area contributed by atoms with Gasteiger partial charge in [0, 0.05) is 24.6 Å². The first kappa shape index (κ1) is 19.6. The molecule has 0 aliphatic heterocycles. The summed E-state index contributed by atoms with van der Waals surface area (Å²) in [5.74, 6) is -0.0988. The van der Waals surface area contributed by atoms with Crippen molar-refractivity contribution in [2.45, 2.75) is 13.3 Å². The van der Waals surface area contributed by atoms with E-state index in [1.807, 2.05) is 5.38 Å². The van der Waals surface area contributed by atoms with Gasteiger partial charge in [0.15, 0.2) is 5.13 Å². The number of nitrogens with one attached hydrogen (secondary N) is 2. The molecule has 23 heavy (non-hydrogen) atoms. The van der Waals surface area contributed by atoms with Gasteiger partial charge in [-0.05, 0) is 12.0 Å². The lowest BCUT2D eigenvalue weighted by Gasteiger charge is -2.03. The van der Waals surface area contributed by atoms with Gasteiger partial charge in [0.25, 0.3) is 0 Å². The average Bonchev–Trinajstić information content (AvgIpc) is 3.00. The Morgan fingerprint density at radius 2 is 2.04 bits per heavy atom. The number of benzene rings is 1. The zero-order valence-electron chi connectivity index (χ0n) is 13.3. The normalized spacial score (nSPS) is 10.2. The molecule has 5 nitrogen and oxygen atoms in total. The highest BCUT2D eigenvalue weighted by Crippen LogP contribution is 2.25.